The van der Waals surface area contributed by atoms with Crippen molar-refractivity contribution >= 4 is 17.4 Å². The summed E-state index contributed by atoms with van der Waals surface area (Å²) in [6.07, 6.45) is 1.82. The van der Waals surface area contributed by atoms with E-state index in [2.05, 4.69) is 20.8 Å². The van der Waals surface area contributed by atoms with Gasteiger partial charge in [-0.05, 0) is 48.3 Å². The molecule has 0 radical (unpaired) electrons. The number of rotatable bonds is 3. The number of benzene rings is 1. The molecule has 5 atom stereocenters. The molecule has 0 unspecified atom stereocenters. The first-order valence-corrected chi connectivity index (χ1v) is 8.76. The van der Waals surface area contributed by atoms with Crippen molar-refractivity contribution in [2.75, 3.05) is 0 Å². The molecule has 1 aromatic rings. The Bertz CT molecular complexity index is 668. The fourth-order valence-electron chi connectivity index (χ4n) is 5.10. The molecule has 124 valence electrons. The van der Waals surface area contributed by atoms with E-state index < -0.39 is 11.7 Å². The molecule has 1 aromatic carbocycles. The maximum atomic E-state index is 13.1. The fraction of sp³-hybridized carbons (Fsp3) is 0.632. The minimum atomic E-state index is -1.26. The second kappa shape index (κ2) is 4.59. The number of halogens is 1. The molecule has 1 saturated heterocycles. The lowest BCUT2D eigenvalue weighted by Crippen LogP contribution is -2.54. The summed E-state index contributed by atoms with van der Waals surface area (Å²) in [5.41, 5.74) is -0.685. The minimum Gasteiger partial charge on any atom is -0.381 e. The van der Waals surface area contributed by atoms with E-state index in [1.54, 1.807) is 12.1 Å². The van der Waals surface area contributed by atoms with Crippen molar-refractivity contribution in [3.05, 3.63) is 34.9 Å². The van der Waals surface area contributed by atoms with Gasteiger partial charge in [-0.1, -0.05) is 44.5 Å². The summed E-state index contributed by atoms with van der Waals surface area (Å²) >= 11 is 5.91. The Kier molecular flexibility index (Phi) is 3.12. The van der Waals surface area contributed by atoms with Gasteiger partial charge < -0.3 is 9.84 Å². The van der Waals surface area contributed by atoms with Crippen molar-refractivity contribution in [2.24, 2.45) is 16.7 Å². The van der Waals surface area contributed by atoms with E-state index >= 15 is 0 Å². The second-order valence-electron chi connectivity index (χ2n) is 8.25. The molecule has 23 heavy (non-hydrogen) atoms. The van der Waals surface area contributed by atoms with Gasteiger partial charge >= 0.3 is 0 Å². The number of epoxide rings is 1. The number of ketones is 1. The number of hydrogen-bond donors (Lipinski definition) is 1. The minimum absolute atomic E-state index is 0.0118. The van der Waals surface area contributed by atoms with E-state index in [1.165, 1.54) is 0 Å². The van der Waals surface area contributed by atoms with Crippen LogP contribution in [-0.2, 0) is 9.53 Å². The second-order valence-corrected chi connectivity index (χ2v) is 8.68. The summed E-state index contributed by atoms with van der Waals surface area (Å²) in [6.45, 7) is 6.47. The fourth-order valence-corrected chi connectivity index (χ4v) is 5.23. The molecule has 0 spiro atoms. The van der Waals surface area contributed by atoms with Crippen LogP contribution >= 0.6 is 11.6 Å². The molecule has 2 aliphatic carbocycles. The van der Waals surface area contributed by atoms with Crippen molar-refractivity contribution in [1.29, 1.82) is 0 Å². The van der Waals surface area contributed by atoms with Gasteiger partial charge in [0, 0.05) is 10.4 Å². The van der Waals surface area contributed by atoms with Gasteiger partial charge in [-0.3, -0.25) is 4.79 Å². The van der Waals surface area contributed by atoms with Crippen LogP contribution in [0.1, 0.15) is 51.7 Å². The van der Waals surface area contributed by atoms with Crippen molar-refractivity contribution in [3.63, 3.8) is 0 Å². The van der Waals surface area contributed by atoms with Gasteiger partial charge in [-0.25, -0.2) is 0 Å². The Morgan fingerprint density at radius 2 is 1.91 bits per heavy atom. The predicted octanol–water partition coefficient (Wildman–Crippen LogP) is 3.93. The van der Waals surface area contributed by atoms with Crippen molar-refractivity contribution < 1.29 is 14.6 Å². The van der Waals surface area contributed by atoms with Crippen LogP contribution in [0.5, 0.6) is 0 Å². The first-order chi connectivity index (χ1) is 10.7. The molecule has 3 fully saturated rings. The average Bonchev–Trinajstić information content (AvgIpc) is 3.23. The Balaban J connectivity index is 1.58. The zero-order valence-corrected chi connectivity index (χ0v) is 14.6. The summed E-state index contributed by atoms with van der Waals surface area (Å²) in [7, 11) is 0. The highest BCUT2D eigenvalue weighted by Gasteiger charge is 2.73. The average molecular weight is 335 g/mol. The Hall–Kier alpha value is -0.900. The van der Waals surface area contributed by atoms with E-state index in [1.807, 2.05) is 12.1 Å². The third-order valence-corrected chi connectivity index (χ3v) is 7.50. The van der Waals surface area contributed by atoms with Crippen LogP contribution in [0.15, 0.2) is 24.3 Å². The van der Waals surface area contributed by atoms with E-state index in [9.17, 15) is 9.90 Å². The van der Waals surface area contributed by atoms with Crippen LogP contribution < -0.4 is 0 Å². The lowest BCUT2D eigenvalue weighted by atomic mass is 9.62. The van der Waals surface area contributed by atoms with E-state index in [0.29, 0.717) is 17.4 Å². The standard InChI is InChI=1S/C19H23ClO3/c1-17(2)12-8-9-18(17,3)19(22,10-12)16(21)15-14(23-15)11-4-6-13(20)7-5-11/h4-7,12,14-15,22H,8-10H2,1-3H3/t12-,14+,15+,18-,19+/m1/s1. The predicted molar refractivity (Wildman–Crippen MR) is 88.3 cm³/mol. The van der Waals surface area contributed by atoms with Gasteiger partial charge in [0.05, 0.1) is 0 Å². The molecule has 4 heteroatoms. The smallest absolute Gasteiger partial charge is 0.196 e. The molecule has 0 aromatic heterocycles. The molecular formula is C19H23ClO3. The summed E-state index contributed by atoms with van der Waals surface area (Å²) in [5.74, 6) is 0.282. The number of hydrogen-bond acceptors (Lipinski definition) is 3. The largest absolute Gasteiger partial charge is 0.381 e. The molecule has 2 saturated carbocycles. The maximum absolute atomic E-state index is 13.1. The number of aliphatic hydroxyl groups is 1. The Morgan fingerprint density at radius 1 is 1.26 bits per heavy atom. The molecule has 4 rings (SSSR count). The molecule has 1 heterocycles. The van der Waals surface area contributed by atoms with Gasteiger partial charge in [0.1, 0.15) is 17.8 Å². The summed E-state index contributed by atoms with van der Waals surface area (Å²) < 4.78 is 5.65. The number of ether oxygens (including phenoxy) is 1. The molecule has 0 amide bonds. The monoisotopic (exact) mass is 334 g/mol. The molecule has 3 aliphatic rings. The van der Waals surface area contributed by atoms with Crippen LogP contribution in [0, 0.1) is 16.7 Å². The van der Waals surface area contributed by atoms with Gasteiger partial charge in [-0.2, -0.15) is 0 Å². The van der Waals surface area contributed by atoms with Crippen LogP contribution in [0.2, 0.25) is 5.02 Å². The maximum Gasteiger partial charge on any atom is 0.196 e. The number of carbonyl (C=O) groups excluding carboxylic acids is 1. The lowest BCUT2D eigenvalue weighted by molar-refractivity contribution is -0.156. The van der Waals surface area contributed by atoms with Crippen molar-refractivity contribution in [1.82, 2.24) is 0 Å². The summed E-state index contributed by atoms with van der Waals surface area (Å²) in [6, 6.07) is 7.38. The number of fused-ring (bicyclic) bond motifs is 2. The highest BCUT2D eigenvalue weighted by molar-refractivity contribution is 6.30. The lowest BCUT2D eigenvalue weighted by Gasteiger charge is -2.44. The quantitative estimate of drug-likeness (QED) is 0.852. The summed E-state index contributed by atoms with van der Waals surface area (Å²) in [5, 5.41) is 12.0. The molecule has 1 N–H and O–H groups in total. The van der Waals surface area contributed by atoms with Crippen LogP contribution in [0.3, 0.4) is 0 Å². The van der Waals surface area contributed by atoms with Crippen LogP contribution in [0.4, 0.5) is 0 Å². The van der Waals surface area contributed by atoms with E-state index in [-0.39, 0.29) is 22.7 Å². The molecular weight excluding hydrogens is 312 g/mol. The highest BCUT2D eigenvalue weighted by atomic mass is 35.5. The Morgan fingerprint density at radius 3 is 2.43 bits per heavy atom. The Labute approximate surface area is 142 Å². The van der Waals surface area contributed by atoms with Crippen LogP contribution in [0.25, 0.3) is 0 Å². The van der Waals surface area contributed by atoms with Crippen molar-refractivity contribution in [3.8, 4) is 0 Å². The molecule has 1 aliphatic heterocycles. The first kappa shape index (κ1) is 15.6. The topological polar surface area (TPSA) is 49.8 Å². The third kappa shape index (κ3) is 1.87. The zero-order chi connectivity index (χ0) is 16.6. The molecule has 2 bridgehead atoms. The van der Waals surface area contributed by atoms with Gasteiger partial charge in [0.15, 0.2) is 5.78 Å². The summed E-state index contributed by atoms with van der Waals surface area (Å²) in [4.78, 5) is 13.1. The zero-order valence-electron chi connectivity index (χ0n) is 13.8. The van der Waals surface area contributed by atoms with Gasteiger partial charge in [0.2, 0.25) is 0 Å². The van der Waals surface area contributed by atoms with Gasteiger partial charge in [-0.15, -0.1) is 0 Å². The van der Waals surface area contributed by atoms with Crippen molar-refractivity contribution in [2.45, 2.75) is 57.8 Å². The van der Waals surface area contributed by atoms with Crippen LogP contribution in [-0.4, -0.2) is 22.6 Å². The number of carbonyl (C=O) groups is 1. The SMILES string of the molecule is CC1(C)[C@@H]2CC[C@@]1(C)[C@@](O)(C(=O)[C@H]1O[C@H]1c1ccc(Cl)cc1)C2. The number of Topliss-reactive ketones (excluding diaryl/α,β-unsaturated/α-hetero) is 1. The van der Waals surface area contributed by atoms with E-state index in [0.717, 1.165) is 18.4 Å². The first-order valence-electron chi connectivity index (χ1n) is 8.38. The normalized spacial score (nSPS) is 43.6. The van der Waals surface area contributed by atoms with E-state index in [4.69, 9.17) is 16.3 Å². The van der Waals surface area contributed by atoms with Gasteiger partial charge in [0.25, 0.3) is 0 Å². The highest BCUT2D eigenvalue weighted by Crippen LogP contribution is 2.70. The third-order valence-electron chi connectivity index (χ3n) is 7.25. The molecule has 3 nitrogen and oxygen atoms in total.